The van der Waals surface area contributed by atoms with Crippen molar-refractivity contribution in [3.63, 3.8) is 0 Å². The molecular weight excluding hydrogens is 416 g/mol. The first kappa shape index (κ1) is 19.5. The lowest BCUT2D eigenvalue weighted by molar-refractivity contribution is -0.128. The molecule has 6 heteroatoms. The summed E-state index contributed by atoms with van der Waals surface area (Å²) < 4.78 is 11.1. The fourth-order valence-electron chi connectivity index (χ4n) is 4.80. The van der Waals surface area contributed by atoms with E-state index in [9.17, 15) is 9.90 Å². The van der Waals surface area contributed by atoms with Gasteiger partial charge >= 0.3 is 0 Å². The van der Waals surface area contributed by atoms with Crippen LogP contribution in [0.2, 0.25) is 0 Å². The van der Waals surface area contributed by atoms with Gasteiger partial charge in [-0.2, -0.15) is 0 Å². The minimum atomic E-state index is -0.281. The van der Waals surface area contributed by atoms with Gasteiger partial charge in [-0.05, 0) is 59.5 Å². The van der Waals surface area contributed by atoms with Crippen molar-refractivity contribution < 1.29 is 19.4 Å². The number of carbonyl (C=O) groups is 1. The van der Waals surface area contributed by atoms with Crippen molar-refractivity contribution in [2.75, 3.05) is 13.3 Å². The molecule has 2 aliphatic rings. The lowest BCUT2D eigenvalue weighted by Crippen LogP contribution is -2.39. The van der Waals surface area contributed by atoms with Crippen LogP contribution in [0.25, 0.3) is 17.0 Å². The molecule has 0 bridgehead atoms. The van der Waals surface area contributed by atoms with Crippen LogP contribution in [-0.2, 0) is 11.2 Å². The molecule has 2 N–H and O–H groups in total. The number of ether oxygens (including phenoxy) is 2. The molecule has 6 nitrogen and oxygen atoms in total. The monoisotopic (exact) mass is 438 g/mol. The Morgan fingerprint density at radius 2 is 1.91 bits per heavy atom. The highest BCUT2D eigenvalue weighted by Crippen LogP contribution is 2.42. The Balaban J connectivity index is 1.42. The zero-order valence-corrected chi connectivity index (χ0v) is 17.8. The average molecular weight is 438 g/mol. The first-order valence-electron chi connectivity index (χ1n) is 10.9. The van der Waals surface area contributed by atoms with E-state index >= 15 is 0 Å². The van der Waals surface area contributed by atoms with E-state index in [1.807, 2.05) is 41.3 Å². The van der Waals surface area contributed by atoms with Gasteiger partial charge in [0.05, 0.1) is 6.04 Å². The molecule has 4 aromatic rings. The first-order valence-corrected chi connectivity index (χ1v) is 10.9. The molecule has 2 aliphatic heterocycles. The van der Waals surface area contributed by atoms with E-state index in [-0.39, 0.29) is 24.5 Å². The van der Waals surface area contributed by atoms with Crippen LogP contribution in [0.15, 0.2) is 72.8 Å². The Bertz CT molecular complexity index is 1400. The van der Waals surface area contributed by atoms with Crippen molar-refractivity contribution in [2.24, 2.45) is 0 Å². The van der Waals surface area contributed by atoms with Gasteiger partial charge in [-0.1, -0.05) is 36.4 Å². The number of carbonyl (C=O) groups excluding carboxylic acids is 1. The Hall–Kier alpha value is -4.19. The Labute approximate surface area is 190 Å². The quantitative estimate of drug-likeness (QED) is 0.451. The Morgan fingerprint density at radius 1 is 1.03 bits per heavy atom. The van der Waals surface area contributed by atoms with E-state index < -0.39 is 0 Å². The maximum Gasteiger partial charge on any atom is 0.247 e. The third-order valence-corrected chi connectivity index (χ3v) is 6.32. The number of nitrogens with one attached hydrogen (secondary N) is 1. The van der Waals surface area contributed by atoms with Crippen molar-refractivity contribution in [1.82, 2.24) is 9.88 Å². The predicted molar refractivity (Wildman–Crippen MR) is 125 cm³/mol. The number of aromatic nitrogens is 1. The molecular formula is C27H22N2O4. The molecule has 1 amide bonds. The second kappa shape index (κ2) is 7.74. The van der Waals surface area contributed by atoms with Crippen LogP contribution >= 0.6 is 0 Å². The van der Waals surface area contributed by atoms with Crippen molar-refractivity contribution in [2.45, 2.75) is 12.5 Å². The SMILES string of the molecule is O=C(C=Cc1cccc(O)c1)N1CCc2c([nH]c3ccccc23)C1c1ccc2c(c1)OCO2. The number of phenolic OH excluding ortho intramolecular Hbond substituents is 1. The summed E-state index contributed by atoms with van der Waals surface area (Å²) in [6.45, 7) is 0.799. The van der Waals surface area contributed by atoms with Crippen LogP contribution in [0.3, 0.4) is 0 Å². The van der Waals surface area contributed by atoms with Gasteiger partial charge in [0, 0.05) is 29.2 Å². The molecule has 1 aromatic heterocycles. The van der Waals surface area contributed by atoms with Gasteiger partial charge in [-0.15, -0.1) is 0 Å². The van der Waals surface area contributed by atoms with Gasteiger partial charge < -0.3 is 24.5 Å². The van der Waals surface area contributed by atoms with Gasteiger partial charge in [0.25, 0.3) is 0 Å². The molecule has 3 aromatic carbocycles. The lowest BCUT2D eigenvalue weighted by Gasteiger charge is -2.35. The molecule has 6 rings (SSSR count). The molecule has 1 unspecified atom stereocenters. The molecule has 0 aliphatic carbocycles. The third-order valence-electron chi connectivity index (χ3n) is 6.32. The molecule has 1 atom stereocenters. The maximum atomic E-state index is 13.4. The molecule has 0 spiro atoms. The normalized spacial score (nSPS) is 17.0. The summed E-state index contributed by atoms with van der Waals surface area (Å²) in [5.74, 6) is 1.49. The molecule has 0 radical (unpaired) electrons. The van der Waals surface area contributed by atoms with Crippen LogP contribution in [0.5, 0.6) is 17.2 Å². The van der Waals surface area contributed by atoms with Crippen molar-refractivity contribution in [1.29, 1.82) is 0 Å². The highest BCUT2D eigenvalue weighted by molar-refractivity contribution is 5.93. The highest BCUT2D eigenvalue weighted by Gasteiger charge is 2.34. The molecule has 0 saturated heterocycles. The lowest BCUT2D eigenvalue weighted by atomic mass is 9.92. The van der Waals surface area contributed by atoms with E-state index in [2.05, 4.69) is 17.1 Å². The van der Waals surface area contributed by atoms with Crippen LogP contribution in [0, 0.1) is 0 Å². The van der Waals surface area contributed by atoms with Crippen molar-refractivity contribution in [3.8, 4) is 17.2 Å². The predicted octanol–water partition coefficient (Wildman–Crippen LogP) is 4.79. The van der Waals surface area contributed by atoms with E-state index in [1.54, 1.807) is 30.4 Å². The second-order valence-corrected chi connectivity index (χ2v) is 8.29. The van der Waals surface area contributed by atoms with Crippen LogP contribution in [0.4, 0.5) is 0 Å². The molecule has 0 saturated carbocycles. The fourth-order valence-corrected chi connectivity index (χ4v) is 4.80. The van der Waals surface area contributed by atoms with Crippen molar-refractivity contribution >= 4 is 22.9 Å². The molecule has 33 heavy (non-hydrogen) atoms. The number of benzene rings is 3. The Morgan fingerprint density at radius 3 is 2.82 bits per heavy atom. The number of nitrogens with zero attached hydrogens (tertiary/aromatic N) is 1. The number of hydrogen-bond acceptors (Lipinski definition) is 4. The fraction of sp³-hybridized carbons (Fsp3) is 0.148. The number of aromatic hydroxyl groups is 1. The summed E-state index contributed by atoms with van der Waals surface area (Å²) in [5, 5.41) is 10.9. The van der Waals surface area contributed by atoms with Gasteiger partial charge in [-0.3, -0.25) is 4.79 Å². The largest absolute Gasteiger partial charge is 0.508 e. The summed E-state index contributed by atoms with van der Waals surface area (Å²) in [6.07, 6.45) is 4.08. The zero-order valence-electron chi connectivity index (χ0n) is 17.8. The number of amides is 1. The van der Waals surface area contributed by atoms with Gasteiger partial charge in [0.1, 0.15) is 5.75 Å². The minimum absolute atomic E-state index is 0.0923. The van der Waals surface area contributed by atoms with Crippen LogP contribution < -0.4 is 9.47 Å². The topological polar surface area (TPSA) is 74.8 Å². The third kappa shape index (κ3) is 3.40. The number of fused-ring (bicyclic) bond motifs is 4. The van der Waals surface area contributed by atoms with E-state index in [4.69, 9.17) is 9.47 Å². The number of hydrogen-bond donors (Lipinski definition) is 2. The van der Waals surface area contributed by atoms with Gasteiger partial charge in [-0.25, -0.2) is 0 Å². The van der Waals surface area contributed by atoms with Crippen LogP contribution in [-0.4, -0.2) is 34.2 Å². The summed E-state index contributed by atoms with van der Waals surface area (Å²) in [6, 6.07) is 20.7. The second-order valence-electron chi connectivity index (χ2n) is 8.29. The van der Waals surface area contributed by atoms with E-state index in [0.717, 1.165) is 28.8 Å². The summed E-state index contributed by atoms with van der Waals surface area (Å²) >= 11 is 0. The Kier molecular flexibility index (Phi) is 4.57. The number of phenols is 1. The maximum absolute atomic E-state index is 13.4. The summed E-state index contributed by atoms with van der Waals surface area (Å²) in [7, 11) is 0. The van der Waals surface area contributed by atoms with Crippen LogP contribution in [0.1, 0.15) is 28.4 Å². The minimum Gasteiger partial charge on any atom is -0.508 e. The molecule has 164 valence electrons. The molecule has 3 heterocycles. The number of rotatable bonds is 3. The summed E-state index contributed by atoms with van der Waals surface area (Å²) in [4.78, 5) is 18.9. The smallest absolute Gasteiger partial charge is 0.247 e. The average Bonchev–Trinajstić information content (AvgIpc) is 3.46. The van der Waals surface area contributed by atoms with E-state index in [1.165, 1.54) is 10.9 Å². The summed E-state index contributed by atoms with van der Waals surface area (Å²) in [5.41, 5.74) is 5.07. The van der Waals surface area contributed by atoms with Crippen molar-refractivity contribution in [3.05, 3.63) is 95.2 Å². The van der Waals surface area contributed by atoms with Gasteiger partial charge in [0.15, 0.2) is 11.5 Å². The number of para-hydroxylation sites is 1. The van der Waals surface area contributed by atoms with E-state index in [0.29, 0.717) is 18.0 Å². The number of H-pyrrole nitrogens is 1. The highest BCUT2D eigenvalue weighted by atomic mass is 16.7. The molecule has 0 fully saturated rings. The van der Waals surface area contributed by atoms with Gasteiger partial charge in [0.2, 0.25) is 12.7 Å². The standard InChI is InChI=1S/C27H22N2O4/c30-19-5-3-4-17(14-19)8-11-25(31)29-13-12-21-20-6-1-2-7-22(20)28-26(21)27(29)18-9-10-23-24(15-18)33-16-32-23/h1-11,14-15,27-28,30H,12-13,16H2. The zero-order chi connectivity index (χ0) is 22.4. The first-order chi connectivity index (χ1) is 16.2. The number of aromatic amines is 1.